The molecule has 2 N–H and O–H groups in total. The van der Waals surface area contributed by atoms with Crippen molar-refractivity contribution in [2.45, 2.75) is 36.6 Å². The summed E-state index contributed by atoms with van der Waals surface area (Å²) in [4.78, 5) is 46.4. The van der Waals surface area contributed by atoms with Gasteiger partial charge >= 0.3 is 0 Å². The van der Waals surface area contributed by atoms with Crippen molar-refractivity contribution < 1.29 is 19.1 Å². The number of carbonyl (C=O) groups is 3. The Morgan fingerprint density at radius 1 is 1.27 bits per heavy atom. The lowest BCUT2D eigenvalue weighted by Crippen LogP contribution is -2.53. The second-order valence-corrected chi connectivity index (χ2v) is 9.99. The monoisotopic (exact) mass is 490 g/mol. The number of benzene rings is 1. The van der Waals surface area contributed by atoms with Crippen LogP contribution < -0.4 is 10.1 Å². The van der Waals surface area contributed by atoms with Gasteiger partial charge in [-0.2, -0.15) is 4.98 Å². The summed E-state index contributed by atoms with van der Waals surface area (Å²) >= 11 is 7.62. The fourth-order valence-corrected chi connectivity index (χ4v) is 6.19. The molecule has 3 fully saturated rings. The molecule has 3 aliphatic rings. The quantitative estimate of drug-likeness (QED) is 0.658. The van der Waals surface area contributed by atoms with Crippen LogP contribution in [0.25, 0.3) is 0 Å². The minimum Gasteiger partial charge on any atom is -0.484 e. The Morgan fingerprint density at radius 2 is 2.09 bits per heavy atom. The normalized spacial score (nSPS) is 24.3. The largest absolute Gasteiger partial charge is 0.484 e. The molecule has 2 atom stereocenters. The molecule has 10 nitrogen and oxygen atoms in total. The first-order valence-electron chi connectivity index (χ1n) is 10.8. The summed E-state index contributed by atoms with van der Waals surface area (Å²) in [6.07, 6.45) is 3.04. The van der Waals surface area contributed by atoms with Crippen LogP contribution in [0, 0.1) is 0 Å². The third-order valence-corrected chi connectivity index (χ3v) is 7.81. The van der Waals surface area contributed by atoms with Crippen LogP contribution >= 0.6 is 23.4 Å². The van der Waals surface area contributed by atoms with Gasteiger partial charge in [-0.25, -0.2) is 0 Å². The molecule has 0 aliphatic carbocycles. The number of fused-ring (bicyclic) bond motifs is 1. The Hall–Kier alpha value is -2.79. The lowest BCUT2D eigenvalue weighted by molar-refractivity contribution is -0.136. The molecule has 5 rings (SSSR count). The number of rotatable bonds is 5. The number of hydrogen-bond donors (Lipinski definition) is 2. The molecule has 0 radical (unpaired) electrons. The summed E-state index contributed by atoms with van der Waals surface area (Å²) in [6.45, 7) is 0.988. The first-order valence-corrected chi connectivity index (χ1v) is 12.2. The van der Waals surface area contributed by atoms with E-state index in [4.69, 9.17) is 16.3 Å². The second kappa shape index (κ2) is 8.86. The number of H-pyrrole nitrogens is 1. The van der Waals surface area contributed by atoms with Crippen molar-refractivity contribution in [3.63, 3.8) is 0 Å². The van der Waals surface area contributed by atoms with Crippen molar-refractivity contribution in [1.29, 1.82) is 0 Å². The van der Waals surface area contributed by atoms with Crippen molar-refractivity contribution in [3.05, 3.63) is 35.1 Å². The van der Waals surface area contributed by atoms with E-state index in [9.17, 15) is 14.4 Å². The minimum atomic E-state index is -0.804. The number of aromatic nitrogens is 3. The molecule has 1 unspecified atom stereocenters. The Morgan fingerprint density at radius 3 is 2.88 bits per heavy atom. The van der Waals surface area contributed by atoms with Crippen molar-refractivity contribution in [3.8, 4) is 5.75 Å². The van der Waals surface area contributed by atoms with Gasteiger partial charge in [-0.15, -0.1) is 16.9 Å². The molecule has 3 saturated heterocycles. The summed E-state index contributed by atoms with van der Waals surface area (Å²) in [7, 11) is 0. The summed E-state index contributed by atoms with van der Waals surface area (Å²) in [6, 6.07) is 6.63. The van der Waals surface area contributed by atoms with Crippen LogP contribution in [-0.4, -0.2) is 79.1 Å². The van der Waals surface area contributed by atoms with Crippen molar-refractivity contribution in [2.24, 2.45) is 0 Å². The van der Waals surface area contributed by atoms with E-state index < -0.39 is 11.4 Å². The zero-order valence-corrected chi connectivity index (χ0v) is 19.3. The molecule has 0 bridgehead atoms. The highest BCUT2D eigenvalue weighted by molar-refractivity contribution is 7.99. The molecule has 2 aromatic rings. The van der Waals surface area contributed by atoms with E-state index in [0.29, 0.717) is 30.2 Å². The predicted molar refractivity (Wildman–Crippen MR) is 122 cm³/mol. The Kier molecular flexibility index (Phi) is 5.92. The molecule has 33 heavy (non-hydrogen) atoms. The number of anilines is 1. The fraction of sp³-hybridized carbons (Fsp3) is 0.476. The number of halogens is 1. The van der Waals surface area contributed by atoms with Gasteiger partial charge in [0.1, 0.15) is 11.3 Å². The van der Waals surface area contributed by atoms with Crippen LogP contribution in [0.15, 0.2) is 24.3 Å². The average molecular weight is 491 g/mol. The van der Waals surface area contributed by atoms with E-state index in [0.717, 1.165) is 25.1 Å². The third-order valence-electron chi connectivity index (χ3n) is 6.23. The van der Waals surface area contributed by atoms with Crippen LogP contribution in [0.3, 0.4) is 0 Å². The van der Waals surface area contributed by atoms with E-state index >= 15 is 0 Å². The van der Waals surface area contributed by atoms with Gasteiger partial charge in [-0.3, -0.25) is 24.8 Å². The molecule has 1 aromatic heterocycles. The molecule has 4 heterocycles. The molecule has 1 aromatic carbocycles. The Balaban J connectivity index is 1.23. The first-order chi connectivity index (χ1) is 16.0. The SMILES string of the molecule is O=C(COc1ccc(Cl)cc1)Nc1n[nH]c(C(=O)N2CCC[C@]23CC2SCCCN2C3=O)n1. The number of ether oxygens (including phenoxy) is 1. The van der Waals surface area contributed by atoms with Gasteiger partial charge in [0.05, 0.1) is 5.37 Å². The zero-order chi connectivity index (χ0) is 23.0. The standard InChI is InChI=1S/C21H23ClN6O4S/c22-13-3-5-14(6-4-13)32-12-15(29)23-20-24-17(25-26-20)18(30)28-9-1-7-21(28)11-16-27(19(21)31)8-2-10-33-16/h3-6,16H,1-2,7-12H2,(H2,23,24,25,26,29)/t16?,21-/m1/s1. The highest BCUT2D eigenvalue weighted by Gasteiger charge is 2.59. The van der Waals surface area contributed by atoms with E-state index in [1.165, 1.54) is 0 Å². The van der Waals surface area contributed by atoms with Crippen LogP contribution in [0.4, 0.5) is 5.95 Å². The molecule has 1 spiro atoms. The van der Waals surface area contributed by atoms with Crippen molar-refractivity contribution in [1.82, 2.24) is 25.0 Å². The molecular weight excluding hydrogens is 468 g/mol. The predicted octanol–water partition coefficient (Wildman–Crippen LogP) is 2.15. The lowest BCUT2D eigenvalue weighted by Gasteiger charge is -2.32. The molecule has 3 aliphatic heterocycles. The average Bonchev–Trinajstić information content (AvgIpc) is 3.52. The smallest absolute Gasteiger partial charge is 0.292 e. The summed E-state index contributed by atoms with van der Waals surface area (Å²) in [5, 5.41) is 9.74. The van der Waals surface area contributed by atoms with Gasteiger partial charge < -0.3 is 14.5 Å². The van der Waals surface area contributed by atoms with Crippen LogP contribution in [0.1, 0.15) is 36.3 Å². The number of hydrogen-bond acceptors (Lipinski definition) is 7. The second-order valence-electron chi connectivity index (χ2n) is 8.27. The summed E-state index contributed by atoms with van der Waals surface area (Å²) in [5.41, 5.74) is -0.804. The zero-order valence-electron chi connectivity index (χ0n) is 17.8. The van der Waals surface area contributed by atoms with Crippen LogP contribution in [0.5, 0.6) is 5.75 Å². The summed E-state index contributed by atoms with van der Waals surface area (Å²) in [5.74, 6) is 0.688. The van der Waals surface area contributed by atoms with E-state index in [2.05, 4.69) is 20.5 Å². The van der Waals surface area contributed by atoms with Gasteiger partial charge in [0, 0.05) is 24.5 Å². The Labute approximate surface area is 199 Å². The van der Waals surface area contributed by atoms with Crippen LogP contribution in [0.2, 0.25) is 5.02 Å². The number of amides is 3. The molecule has 174 valence electrons. The molecule has 12 heteroatoms. The van der Waals surface area contributed by atoms with Crippen molar-refractivity contribution >= 4 is 47.0 Å². The third kappa shape index (κ3) is 4.15. The highest BCUT2D eigenvalue weighted by atomic mass is 35.5. The van der Waals surface area contributed by atoms with Gasteiger partial charge in [0.15, 0.2) is 6.61 Å². The fourth-order valence-electron chi connectivity index (χ4n) is 4.72. The maximum Gasteiger partial charge on any atom is 0.292 e. The van der Waals surface area contributed by atoms with E-state index in [1.54, 1.807) is 40.9 Å². The first kappa shape index (κ1) is 22.0. The molecular formula is C21H23ClN6O4S. The molecule has 0 saturated carbocycles. The molecule has 3 amide bonds. The number of thioether (sulfide) groups is 1. The van der Waals surface area contributed by atoms with Gasteiger partial charge in [0.25, 0.3) is 11.8 Å². The van der Waals surface area contributed by atoms with Gasteiger partial charge in [-0.05, 0) is 49.3 Å². The maximum atomic E-state index is 13.3. The van der Waals surface area contributed by atoms with Crippen molar-refractivity contribution in [2.75, 3.05) is 30.8 Å². The summed E-state index contributed by atoms with van der Waals surface area (Å²) < 4.78 is 5.40. The number of nitrogens with one attached hydrogen (secondary N) is 2. The van der Waals surface area contributed by atoms with Gasteiger partial charge in [-0.1, -0.05) is 11.6 Å². The van der Waals surface area contributed by atoms with Gasteiger partial charge in [0.2, 0.25) is 17.7 Å². The van der Waals surface area contributed by atoms with E-state index in [-0.39, 0.29) is 35.6 Å². The number of carbonyl (C=O) groups excluding carboxylic acids is 3. The lowest BCUT2D eigenvalue weighted by atomic mass is 9.94. The Bertz CT molecular complexity index is 1080. The minimum absolute atomic E-state index is 0.00415. The van der Waals surface area contributed by atoms with Crippen LogP contribution in [-0.2, 0) is 9.59 Å². The number of nitrogens with zero attached hydrogens (tertiary/aromatic N) is 4. The maximum absolute atomic E-state index is 13.3. The number of likely N-dealkylation sites (tertiary alicyclic amines) is 1. The number of aromatic amines is 1. The highest BCUT2D eigenvalue weighted by Crippen LogP contribution is 2.46. The topological polar surface area (TPSA) is 121 Å². The van der Waals surface area contributed by atoms with E-state index in [1.807, 2.05) is 4.90 Å².